The van der Waals surface area contributed by atoms with Crippen LogP contribution in [0.5, 0.6) is 0 Å². The molecular formula is C20H20N4O. The molecule has 3 aromatic rings. The van der Waals surface area contributed by atoms with Crippen molar-refractivity contribution in [1.29, 1.82) is 0 Å². The molecule has 0 radical (unpaired) electrons. The lowest BCUT2D eigenvalue weighted by Gasteiger charge is -2.22. The third-order valence-electron chi connectivity index (χ3n) is 4.78. The largest absolute Gasteiger partial charge is 0.314 e. The summed E-state index contributed by atoms with van der Waals surface area (Å²) < 4.78 is 1.90. The van der Waals surface area contributed by atoms with Gasteiger partial charge in [-0.1, -0.05) is 48.5 Å². The third kappa shape index (κ3) is 2.71. The van der Waals surface area contributed by atoms with Gasteiger partial charge in [0.25, 0.3) is 0 Å². The van der Waals surface area contributed by atoms with E-state index in [-0.39, 0.29) is 18.4 Å². The third-order valence-corrected chi connectivity index (χ3v) is 4.78. The number of amides is 1. The molecule has 2 aromatic carbocycles. The first-order valence-electron chi connectivity index (χ1n) is 8.49. The van der Waals surface area contributed by atoms with Crippen molar-refractivity contribution < 1.29 is 4.79 Å². The van der Waals surface area contributed by atoms with Gasteiger partial charge in [0.2, 0.25) is 5.91 Å². The quantitative estimate of drug-likeness (QED) is 0.741. The minimum Gasteiger partial charge on any atom is -0.314 e. The molecule has 1 atom stereocenters. The fraction of sp³-hybridized carbons (Fsp3) is 0.250. The van der Waals surface area contributed by atoms with Gasteiger partial charge in [-0.25, -0.2) is 0 Å². The van der Waals surface area contributed by atoms with Gasteiger partial charge in [0.05, 0.1) is 6.42 Å². The number of fused-ring (bicyclic) bond motifs is 1. The number of carbonyl (C=O) groups is 1. The monoisotopic (exact) mass is 332 g/mol. The van der Waals surface area contributed by atoms with E-state index < -0.39 is 0 Å². The number of hydrogen-bond acceptors (Lipinski definition) is 3. The average Bonchev–Trinajstić information content (AvgIpc) is 3.15. The van der Waals surface area contributed by atoms with E-state index in [1.807, 2.05) is 65.0 Å². The van der Waals surface area contributed by atoms with Crippen molar-refractivity contribution >= 4 is 11.6 Å². The SMILES string of the molecule is C[C@H]1Cc2ccccc2N1C(=O)Cc1nnc(-c2ccccc2)n1C. The highest BCUT2D eigenvalue weighted by molar-refractivity contribution is 5.97. The van der Waals surface area contributed by atoms with Crippen molar-refractivity contribution in [3.05, 3.63) is 66.0 Å². The van der Waals surface area contributed by atoms with Crippen LogP contribution in [-0.2, 0) is 24.7 Å². The summed E-state index contributed by atoms with van der Waals surface area (Å²) in [6.07, 6.45) is 1.14. The lowest BCUT2D eigenvalue weighted by atomic mass is 10.1. The van der Waals surface area contributed by atoms with Crippen molar-refractivity contribution in [1.82, 2.24) is 14.8 Å². The van der Waals surface area contributed by atoms with Gasteiger partial charge in [-0.2, -0.15) is 0 Å². The lowest BCUT2D eigenvalue weighted by molar-refractivity contribution is -0.118. The van der Waals surface area contributed by atoms with Gasteiger partial charge in [0.1, 0.15) is 5.82 Å². The maximum Gasteiger partial charge on any atom is 0.234 e. The van der Waals surface area contributed by atoms with Crippen LogP contribution in [0.15, 0.2) is 54.6 Å². The van der Waals surface area contributed by atoms with Gasteiger partial charge < -0.3 is 9.47 Å². The van der Waals surface area contributed by atoms with Crippen molar-refractivity contribution in [2.75, 3.05) is 4.90 Å². The number of rotatable bonds is 3. The minimum atomic E-state index is 0.0626. The zero-order valence-corrected chi connectivity index (χ0v) is 14.4. The van der Waals surface area contributed by atoms with Crippen LogP contribution in [0.25, 0.3) is 11.4 Å². The van der Waals surface area contributed by atoms with Gasteiger partial charge in [-0.15, -0.1) is 10.2 Å². The predicted molar refractivity (Wildman–Crippen MR) is 97.2 cm³/mol. The summed E-state index contributed by atoms with van der Waals surface area (Å²) >= 11 is 0. The first-order chi connectivity index (χ1) is 12.1. The Morgan fingerprint density at radius 2 is 1.80 bits per heavy atom. The number of nitrogens with zero attached hydrogens (tertiary/aromatic N) is 4. The van der Waals surface area contributed by atoms with Crippen molar-refractivity contribution in [2.24, 2.45) is 7.05 Å². The fourth-order valence-electron chi connectivity index (χ4n) is 3.52. The Labute approximate surface area is 146 Å². The molecule has 0 saturated carbocycles. The molecule has 2 heterocycles. The van der Waals surface area contributed by atoms with E-state index in [4.69, 9.17) is 0 Å². The standard InChI is InChI=1S/C20H20N4O/c1-14-12-16-10-6-7-11-17(16)24(14)19(25)13-18-21-22-20(23(18)2)15-8-4-3-5-9-15/h3-11,14H,12-13H2,1-2H3/t14-/m0/s1. The topological polar surface area (TPSA) is 51.0 Å². The van der Waals surface area contributed by atoms with Crippen LogP contribution in [0.3, 0.4) is 0 Å². The fourth-order valence-corrected chi connectivity index (χ4v) is 3.52. The number of hydrogen-bond donors (Lipinski definition) is 0. The van der Waals surface area contributed by atoms with Crippen LogP contribution >= 0.6 is 0 Å². The lowest BCUT2D eigenvalue weighted by Crippen LogP contribution is -2.37. The molecule has 5 heteroatoms. The molecule has 0 fully saturated rings. The predicted octanol–water partition coefficient (Wildman–Crippen LogP) is 3.00. The Hall–Kier alpha value is -2.95. The van der Waals surface area contributed by atoms with Crippen LogP contribution < -0.4 is 4.90 Å². The van der Waals surface area contributed by atoms with Crippen LogP contribution in [0.4, 0.5) is 5.69 Å². The summed E-state index contributed by atoms with van der Waals surface area (Å²) in [5.41, 5.74) is 3.24. The normalized spacial score (nSPS) is 16.1. The molecule has 0 spiro atoms. The smallest absolute Gasteiger partial charge is 0.234 e. The number of carbonyl (C=O) groups excluding carboxylic acids is 1. The van der Waals surface area contributed by atoms with Crippen molar-refractivity contribution in [3.63, 3.8) is 0 Å². The highest BCUT2D eigenvalue weighted by atomic mass is 16.2. The molecule has 0 aliphatic carbocycles. The Bertz CT molecular complexity index is 916. The van der Waals surface area contributed by atoms with Crippen LogP contribution in [0.1, 0.15) is 18.3 Å². The number of para-hydroxylation sites is 1. The first-order valence-corrected chi connectivity index (χ1v) is 8.49. The zero-order valence-electron chi connectivity index (χ0n) is 14.4. The number of anilines is 1. The zero-order chi connectivity index (χ0) is 17.4. The summed E-state index contributed by atoms with van der Waals surface area (Å²) in [5.74, 6) is 1.52. The van der Waals surface area contributed by atoms with Gasteiger partial charge in [0.15, 0.2) is 5.82 Å². The molecule has 0 unspecified atom stereocenters. The highest BCUT2D eigenvalue weighted by Gasteiger charge is 2.31. The Balaban J connectivity index is 1.59. The second kappa shape index (κ2) is 6.16. The van der Waals surface area contributed by atoms with Crippen LogP contribution in [0, 0.1) is 0 Å². The molecule has 1 aromatic heterocycles. The summed E-state index contributed by atoms with van der Waals surface area (Å²) in [6, 6.07) is 18.2. The van der Waals surface area contributed by atoms with E-state index in [2.05, 4.69) is 23.2 Å². The Morgan fingerprint density at radius 1 is 1.08 bits per heavy atom. The Kier molecular flexibility index (Phi) is 3.84. The van der Waals surface area contributed by atoms with E-state index >= 15 is 0 Å². The van der Waals surface area contributed by atoms with Crippen LogP contribution in [0.2, 0.25) is 0 Å². The van der Waals surface area contributed by atoms with E-state index in [0.717, 1.165) is 23.5 Å². The number of benzene rings is 2. The maximum atomic E-state index is 12.9. The summed E-state index contributed by atoms with van der Waals surface area (Å²) in [5, 5.41) is 8.52. The first kappa shape index (κ1) is 15.6. The summed E-state index contributed by atoms with van der Waals surface area (Å²) in [4.78, 5) is 14.8. The van der Waals surface area contributed by atoms with Crippen LogP contribution in [-0.4, -0.2) is 26.7 Å². The van der Waals surface area contributed by atoms with E-state index in [0.29, 0.717) is 5.82 Å². The van der Waals surface area contributed by atoms with E-state index in [9.17, 15) is 4.79 Å². The van der Waals surface area contributed by atoms with Gasteiger partial charge in [0, 0.05) is 24.3 Å². The molecule has 1 aliphatic heterocycles. The highest BCUT2D eigenvalue weighted by Crippen LogP contribution is 2.32. The molecule has 126 valence electrons. The molecule has 4 rings (SSSR count). The molecule has 0 saturated heterocycles. The van der Waals surface area contributed by atoms with Crippen molar-refractivity contribution in [3.8, 4) is 11.4 Å². The maximum absolute atomic E-state index is 12.9. The van der Waals surface area contributed by atoms with Crippen molar-refractivity contribution in [2.45, 2.75) is 25.8 Å². The number of aromatic nitrogens is 3. The summed E-state index contributed by atoms with van der Waals surface area (Å²) in [6.45, 7) is 2.09. The van der Waals surface area contributed by atoms with Gasteiger partial charge >= 0.3 is 0 Å². The Morgan fingerprint density at radius 3 is 2.60 bits per heavy atom. The molecule has 1 amide bonds. The second-order valence-electron chi connectivity index (χ2n) is 6.49. The minimum absolute atomic E-state index is 0.0626. The molecule has 0 N–H and O–H groups in total. The average molecular weight is 332 g/mol. The van der Waals surface area contributed by atoms with E-state index in [1.54, 1.807) is 0 Å². The molecule has 25 heavy (non-hydrogen) atoms. The van der Waals surface area contributed by atoms with Gasteiger partial charge in [-0.3, -0.25) is 4.79 Å². The second-order valence-corrected chi connectivity index (χ2v) is 6.49. The van der Waals surface area contributed by atoms with Gasteiger partial charge in [-0.05, 0) is 25.0 Å². The van der Waals surface area contributed by atoms with E-state index in [1.165, 1.54) is 5.56 Å². The molecular weight excluding hydrogens is 312 g/mol. The molecule has 0 bridgehead atoms. The summed E-state index contributed by atoms with van der Waals surface area (Å²) in [7, 11) is 1.91. The molecule has 5 nitrogen and oxygen atoms in total. The molecule has 1 aliphatic rings.